The Morgan fingerprint density at radius 1 is 1.32 bits per heavy atom. The van der Waals surface area contributed by atoms with Crippen LogP contribution in [0.15, 0.2) is 54.1 Å². The van der Waals surface area contributed by atoms with Crippen LogP contribution < -0.4 is 4.74 Å². The summed E-state index contributed by atoms with van der Waals surface area (Å²) in [5.41, 5.74) is 1.31. The van der Waals surface area contributed by atoms with Gasteiger partial charge in [0.1, 0.15) is 23.1 Å². The second-order valence-corrected chi connectivity index (χ2v) is 5.46. The summed E-state index contributed by atoms with van der Waals surface area (Å²) in [6.45, 7) is 9.56. The molecule has 6 heteroatoms. The van der Waals surface area contributed by atoms with Crippen LogP contribution in [0.2, 0.25) is 0 Å². The third kappa shape index (κ3) is 3.97. The molecule has 1 atom stereocenters. The molecule has 25 heavy (non-hydrogen) atoms. The van der Waals surface area contributed by atoms with Crippen molar-refractivity contribution in [2.45, 2.75) is 13.0 Å². The Kier molecular flexibility index (Phi) is 6.14. The van der Waals surface area contributed by atoms with Crippen LogP contribution >= 0.6 is 0 Å². The highest BCUT2D eigenvalue weighted by Gasteiger charge is 2.29. The molecule has 132 valence electrons. The Bertz CT molecular complexity index is 737. The van der Waals surface area contributed by atoms with Crippen molar-refractivity contribution in [1.29, 1.82) is 0 Å². The Morgan fingerprint density at radius 3 is 2.40 bits per heavy atom. The van der Waals surface area contributed by atoms with Crippen LogP contribution in [0.25, 0.3) is 11.3 Å². The summed E-state index contributed by atoms with van der Waals surface area (Å²) in [5, 5.41) is 14.0. The molecule has 1 amide bonds. The number of aromatic nitrogens is 1. The molecule has 0 bridgehead atoms. The number of hydrogen-bond acceptors (Lipinski definition) is 5. The van der Waals surface area contributed by atoms with Crippen LogP contribution in [0, 0.1) is 0 Å². The van der Waals surface area contributed by atoms with E-state index in [1.54, 1.807) is 48.4 Å². The molecule has 1 N–H and O–H groups in total. The summed E-state index contributed by atoms with van der Waals surface area (Å²) < 4.78 is 10.4. The minimum Gasteiger partial charge on any atom is -0.497 e. The maximum atomic E-state index is 13.0. The fourth-order valence-electron chi connectivity index (χ4n) is 2.45. The molecule has 0 aliphatic carbocycles. The number of ether oxygens (including phenoxy) is 1. The van der Waals surface area contributed by atoms with E-state index in [4.69, 9.17) is 9.26 Å². The second kappa shape index (κ2) is 8.30. The minimum absolute atomic E-state index is 0.133. The highest BCUT2D eigenvalue weighted by Crippen LogP contribution is 2.31. The fraction of sp³-hybridized carbons (Fsp3) is 0.263. The molecular formula is C19H22N2O4. The van der Waals surface area contributed by atoms with Gasteiger partial charge >= 0.3 is 0 Å². The van der Waals surface area contributed by atoms with Crippen LogP contribution in [0.1, 0.15) is 29.1 Å². The number of benzene rings is 1. The van der Waals surface area contributed by atoms with Crippen molar-refractivity contribution in [3.8, 4) is 17.0 Å². The number of aliphatic hydroxyl groups excluding tert-OH is 1. The van der Waals surface area contributed by atoms with Crippen molar-refractivity contribution < 1.29 is 19.2 Å². The molecule has 2 rings (SSSR count). The smallest absolute Gasteiger partial charge is 0.260 e. The SMILES string of the molecule is C=CCN(CC=C)C(=O)c1c(-c2ccc(OC)cc2)noc1[C@H](C)O. The van der Waals surface area contributed by atoms with E-state index < -0.39 is 6.10 Å². The number of aliphatic hydroxyl groups is 1. The van der Waals surface area contributed by atoms with Crippen molar-refractivity contribution in [3.05, 3.63) is 60.9 Å². The van der Waals surface area contributed by atoms with Gasteiger partial charge < -0.3 is 19.3 Å². The highest BCUT2D eigenvalue weighted by molar-refractivity contribution is 6.01. The van der Waals surface area contributed by atoms with E-state index in [2.05, 4.69) is 18.3 Å². The molecule has 0 aliphatic heterocycles. The Labute approximate surface area is 147 Å². The Morgan fingerprint density at radius 2 is 1.92 bits per heavy atom. The van der Waals surface area contributed by atoms with Gasteiger partial charge in [-0.3, -0.25) is 4.79 Å². The van der Waals surface area contributed by atoms with Gasteiger partial charge in [0, 0.05) is 18.7 Å². The van der Waals surface area contributed by atoms with Gasteiger partial charge in [-0.15, -0.1) is 13.2 Å². The molecule has 0 unspecified atom stereocenters. The molecular weight excluding hydrogens is 320 g/mol. The number of carbonyl (C=O) groups is 1. The summed E-state index contributed by atoms with van der Waals surface area (Å²) in [7, 11) is 1.58. The molecule has 1 aromatic carbocycles. The standard InChI is InChI=1S/C19H22N2O4/c1-5-11-21(12-6-2)19(23)16-17(20-25-18(16)13(3)22)14-7-9-15(24-4)10-8-14/h5-10,13,22H,1-2,11-12H2,3-4H3/t13-/m0/s1. The average Bonchev–Trinajstić information content (AvgIpc) is 3.06. The summed E-state index contributed by atoms with van der Waals surface area (Å²) >= 11 is 0. The predicted molar refractivity (Wildman–Crippen MR) is 95.4 cm³/mol. The third-order valence-electron chi connectivity index (χ3n) is 3.66. The number of amides is 1. The zero-order valence-corrected chi connectivity index (χ0v) is 14.4. The quantitative estimate of drug-likeness (QED) is 0.746. The molecule has 0 radical (unpaired) electrons. The lowest BCUT2D eigenvalue weighted by Crippen LogP contribution is -2.32. The topological polar surface area (TPSA) is 75.8 Å². The van der Waals surface area contributed by atoms with Crippen molar-refractivity contribution >= 4 is 5.91 Å². The largest absolute Gasteiger partial charge is 0.497 e. The van der Waals surface area contributed by atoms with Gasteiger partial charge in [-0.1, -0.05) is 17.3 Å². The molecule has 0 saturated carbocycles. The van der Waals surface area contributed by atoms with Gasteiger partial charge in [0.15, 0.2) is 5.76 Å². The zero-order chi connectivity index (χ0) is 18.4. The first-order valence-electron chi connectivity index (χ1n) is 7.86. The second-order valence-electron chi connectivity index (χ2n) is 5.46. The molecule has 0 saturated heterocycles. The summed E-state index contributed by atoms with van der Waals surface area (Å²) in [4.78, 5) is 14.6. The lowest BCUT2D eigenvalue weighted by molar-refractivity contribution is 0.0779. The van der Waals surface area contributed by atoms with Crippen LogP contribution in [0.4, 0.5) is 0 Å². The van der Waals surface area contributed by atoms with Gasteiger partial charge in [0.2, 0.25) is 0 Å². The van der Waals surface area contributed by atoms with E-state index in [0.29, 0.717) is 30.1 Å². The van der Waals surface area contributed by atoms with E-state index in [1.807, 2.05) is 0 Å². The lowest BCUT2D eigenvalue weighted by atomic mass is 10.0. The van der Waals surface area contributed by atoms with E-state index in [9.17, 15) is 9.90 Å². The summed E-state index contributed by atoms with van der Waals surface area (Å²) in [6.07, 6.45) is 2.29. The van der Waals surface area contributed by atoms with E-state index in [-0.39, 0.29) is 17.2 Å². The monoisotopic (exact) mass is 342 g/mol. The maximum Gasteiger partial charge on any atom is 0.260 e. The van der Waals surface area contributed by atoms with Gasteiger partial charge in [-0.25, -0.2) is 0 Å². The van der Waals surface area contributed by atoms with E-state index in [0.717, 1.165) is 0 Å². The van der Waals surface area contributed by atoms with Crippen LogP contribution in [-0.4, -0.2) is 41.3 Å². The zero-order valence-electron chi connectivity index (χ0n) is 14.4. The van der Waals surface area contributed by atoms with Crippen LogP contribution in [0.3, 0.4) is 0 Å². The number of methoxy groups -OCH3 is 1. The molecule has 0 fully saturated rings. The summed E-state index contributed by atoms with van der Waals surface area (Å²) in [5.74, 6) is 0.521. The molecule has 6 nitrogen and oxygen atoms in total. The van der Waals surface area contributed by atoms with Crippen molar-refractivity contribution in [1.82, 2.24) is 10.1 Å². The van der Waals surface area contributed by atoms with Crippen LogP contribution in [-0.2, 0) is 0 Å². The number of rotatable bonds is 8. The third-order valence-corrected chi connectivity index (χ3v) is 3.66. The predicted octanol–water partition coefficient (Wildman–Crippen LogP) is 3.22. The normalized spacial score (nSPS) is 11.6. The Hall–Kier alpha value is -2.86. The Balaban J connectivity index is 2.53. The highest BCUT2D eigenvalue weighted by atomic mass is 16.5. The molecule has 1 aromatic heterocycles. The first kappa shape index (κ1) is 18.5. The van der Waals surface area contributed by atoms with Crippen molar-refractivity contribution in [2.24, 2.45) is 0 Å². The number of carbonyl (C=O) groups excluding carboxylic acids is 1. The maximum absolute atomic E-state index is 13.0. The molecule has 2 aromatic rings. The van der Waals surface area contributed by atoms with Crippen molar-refractivity contribution in [3.63, 3.8) is 0 Å². The van der Waals surface area contributed by atoms with E-state index in [1.165, 1.54) is 6.92 Å². The molecule has 0 spiro atoms. The first-order chi connectivity index (χ1) is 12.0. The molecule has 0 aliphatic rings. The van der Waals surface area contributed by atoms with Gasteiger partial charge in [0.05, 0.1) is 7.11 Å². The number of nitrogens with zero attached hydrogens (tertiary/aromatic N) is 2. The summed E-state index contributed by atoms with van der Waals surface area (Å²) in [6, 6.07) is 7.10. The van der Waals surface area contributed by atoms with E-state index >= 15 is 0 Å². The number of hydrogen-bond donors (Lipinski definition) is 1. The lowest BCUT2D eigenvalue weighted by Gasteiger charge is -2.20. The van der Waals surface area contributed by atoms with Gasteiger partial charge in [0.25, 0.3) is 5.91 Å². The van der Waals surface area contributed by atoms with Crippen LogP contribution in [0.5, 0.6) is 5.75 Å². The van der Waals surface area contributed by atoms with Crippen molar-refractivity contribution in [2.75, 3.05) is 20.2 Å². The first-order valence-corrected chi connectivity index (χ1v) is 7.86. The minimum atomic E-state index is -0.965. The fourth-order valence-corrected chi connectivity index (χ4v) is 2.45. The average molecular weight is 342 g/mol. The van der Waals surface area contributed by atoms with Gasteiger partial charge in [-0.05, 0) is 31.2 Å². The van der Waals surface area contributed by atoms with Gasteiger partial charge in [-0.2, -0.15) is 0 Å². The molecule has 1 heterocycles.